The number of hydrogen-bond donors (Lipinski definition) is 1. The smallest absolute Gasteiger partial charge is 0.267 e. The van der Waals surface area contributed by atoms with Crippen LogP contribution in [-0.4, -0.2) is 53.2 Å². The van der Waals surface area contributed by atoms with Crippen LogP contribution in [0.2, 0.25) is 0 Å². The van der Waals surface area contributed by atoms with Crippen LogP contribution in [0.15, 0.2) is 10.9 Å². The van der Waals surface area contributed by atoms with Crippen LogP contribution >= 0.6 is 0 Å². The molecule has 1 fully saturated rings. The van der Waals surface area contributed by atoms with Gasteiger partial charge in [-0.3, -0.25) is 19.1 Å². The molecule has 1 aromatic heterocycles. The number of morpholine rings is 1. The Morgan fingerprint density at radius 2 is 2.16 bits per heavy atom. The van der Waals surface area contributed by atoms with Crippen LogP contribution in [-0.2, 0) is 18.2 Å². The maximum Gasteiger partial charge on any atom is 0.267 e. The Kier molecular flexibility index (Phi) is 4.28. The second-order valence-electron chi connectivity index (χ2n) is 4.52. The predicted octanol–water partition coefficient (Wildman–Crippen LogP) is -1.25. The number of ether oxygens (including phenoxy) is 1. The summed E-state index contributed by atoms with van der Waals surface area (Å²) in [4.78, 5) is 29.2. The largest absolute Gasteiger partial charge is 0.379 e. The van der Waals surface area contributed by atoms with Gasteiger partial charge in [-0.25, -0.2) is 4.98 Å². The second kappa shape index (κ2) is 5.94. The van der Waals surface area contributed by atoms with E-state index in [2.05, 4.69) is 9.88 Å². The molecular weight excluding hydrogens is 248 g/mol. The summed E-state index contributed by atoms with van der Waals surface area (Å²) >= 11 is 0. The number of carbonyl (C=O) groups is 1. The third kappa shape index (κ3) is 3.39. The molecule has 0 radical (unpaired) electrons. The van der Waals surface area contributed by atoms with Crippen molar-refractivity contribution in [1.29, 1.82) is 0 Å². The van der Waals surface area contributed by atoms with Gasteiger partial charge < -0.3 is 10.5 Å². The van der Waals surface area contributed by atoms with E-state index < -0.39 is 5.91 Å². The van der Waals surface area contributed by atoms with Gasteiger partial charge in [-0.2, -0.15) is 0 Å². The molecule has 0 unspecified atom stereocenters. The summed E-state index contributed by atoms with van der Waals surface area (Å²) in [5.74, 6) is -0.0990. The quantitative estimate of drug-likeness (QED) is 0.735. The molecule has 0 saturated carbocycles. The zero-order valence-electron chi connectivity index (χ0n) is 11.0. The molecule has 0 aliphatic carbocycles. The molecule has 1 amide bonds. The fourth-order valence-corrected chi connectivity index (χ4v) is 2.02. The van der Waals surface area contributed by atoms with E-state index in [4.69, 9.17) is 10.5 Å². The molecule has 0 bridgehead atoms. The third-order valence-corrected chi connectivity index (χ3v) is 3.24. The van der Waals surface area contributed by atoms with Crippen LogP contribution in [0, 0.1) is 0 Å². The van der Waals surface area contributed by atoms with Crippen LogP contribution in [0.4, 0.5) is 0 Å². The number of aromatic nitrogens is 2. The first kappa shape index (κ1) is 13.7. The lowest BCUT2D eigenvalue weighted by atomic mass is 10.3. The van der Waals surface area contributed by atoms with E-state index in [1.54, 1.807) is 7.05 Å². The van der Waals surface area contributed by atoms with Crippen molar-refractivity contribution in [2.75, 3.05) is 32.8 Å². The molecule has 7 heteroatoms. The first-order valence-electron chi connectivity index (χ1n) is 6.25. The summed E-state index contributed by atoms with van der Waals surface area (Å²) in [5.41, 5.74) is 4.93. The van der Waals surface area contributed by atoms with Crippen molar-refractivity contribution in [2.45, 2.75) is 6.42 Å². The lowest BCUT2D eigenvalue weighted by Crippen LogP contribution is -2.38. The Morgan fingerprint density at radius 3 is 2.79 bits per heavy atom. The Labute approximate surface area is 111 Å². The van der Waals surface area contributed by atoms with Crippen molar-refractivity contribution in [2.24, 2.45) is 12.8 Å². The van der Waals surface area contributed by atoms with Gasteiger partial charge in [-0.05, 0) is 0 Å². The van der Waals surface area contributed by atoms with Gasteiger partial charge in [0, 0.05) is 39.2 Å². The van der Waals surface area contributed by atoms with Crippen LogP contribution in [0.5, 0.6) is 0 Å². The van der Waals surface area contributed by atoms with Gasteiger partial charge in [-0.15, -0.1) is 0 Å². The zero-order chi connectivity index (χ0) is 13.8. The van der Waals surface area contributed by atoms with E-state index in [1.165, 1.54) is 10.6 Å². The standard InChI is InChI=1S/C12H18N4O3/c1-15-10(2-3-16-4-6-19-7-5-16)14-9(12(13)18)8-11(15)17/h8H,2-7H2,1H3,(H2,13,18). The molecule has 1 saturated heterocycles. The molecular formula is C12H18N4O3. The van der Waals surface area contributed by atoms with Gasteiger partial charge >= 0.3 is 0 Å². The maximum absolute atomic E-state index is 11.7. The monoisotopic (exact) mass is 266 g/mol. The summed E-state index contributed by atoms with van der Waals surface area (Å²) in [6.07, 6.45) is 0.604. The molecule has 19 heavy (non-hydrogen) atoms. The van der Waals surface area contributed by atoms with Gasteiger partial charge in [0.1, 0.15) is 11.5 Å². The van der Waals surface area contributed by atoms with E-state index in [0.29, 0.717) is 12.2 Å². The summed E-state index contributed by atoms with van der Waals surface area (Å²) < 4.78 is 6.72. The van der Waals surface area contributed by atoms with Gasteiger partial charge in [0.15, 0.2) is 0 Å². The number of nitrogens with zero attached hydrogens (tertiary/aromatic N) is 3. The molecule has 7 nitrogen and oxygen atoms in total. The number of primary amides is 1. The van der Waals surface area contributed by atoms with Crippen molar-refractivity contribution in [1.82, 2.24) is 14.5 Å². The van der Waals surface area contributed by atoms with Gasteiger partial charge in [0.25, 0.3) is 11.5 Å². The molecule has 2 N–H and O–H groups in total. The fraction of sp³-hybridized carbons (Fsp3) is 0.583. The molecule has 1 aliphatic rings. The molecule has 2 rings (SSSR count). The zero-order valence-corrected chi connectivity index (χ0v) is 11.0. The van der Waals surface area contributed by atoms with Crippen LogP contribution in [0.25, 0.3) is 0 Å². The minimum atomic E-state index is -0.676. The molecule has 0 aromatic carbocycles. The number of amides is 1. The second-order valence-corrected chi connectivity index (χ2v) is 4.52. The van der Waals surface area contributed by atoms with E-state index in [-0.39, 0.29) is 11.3 Å². The minimum Gasteiger partial charge on any atom is -0.379 e. The average Bonchev–Trinajstić information content (AvgIpc) is 2.41. The van der Waals surface area contributed by atoms with Crippen LogP contribution < -0.4 is 11.3 Å². The van der Waals surface area contributed by atoms with Crippen molar-refractivity contribution >= 4 is 5.91 Å². The fourth-order valence-electron chi connectivity index (χ4n) is 2.02. The normalized spacial score (nSPS) is 16.5. The number of rotatable bonds is 4. The predicted molar refractivity (Wildman–Crippen MR) is 69.0 cm³/mol. The Morgan fingerprint density at radius 1 is 1.47 bits per heavy atom. The lowest BCUT2D eigenvalue weighted by Gasteiger charge is -2.26. The van der Waals surface area contributed by atoms with Crippen molar-refractivity contribution in [3.05, 3.63) is 27.9 Å². The van der Waals surface area contributed by atoms with Crippen LogP contribution in [0.1, 0.15) is 16.3 Å². The van der Waals surface area contributed by atoms with Gasteiger partial charge in [-0.1, -0.05) is 0 Å². The van der Waals surface area contributed by atoms with E-state index in [9.17, 15) is 9.59 Å². The highest BCUT2D eigenvalue weighted by atomic mass is 16.5. The molecule has 104 valence electrons. The number of nitrogens with two attached hydrogens (primary N) is 1. The summed E-state index contributed by atoms with van der Waals surface area (Å²) in [5, 5.41) is 0. The molecule has 1 aromatic rings. The highest BCUT2D eigenvalue weighted by Crippen LogP contribution is 2.01. The van der Waals surface area contributed by atoms with E-state index in [0.717, 1.165) is 32.8 Å². The van der Waals surface area contributed by atoms with Gasteiger partial charge in [0.05, 0.1) is 13.2 Å². The Bertz CT molecular complexity index is 520. The summed E-state index contributed by atoms with van der Waals surface area (Å²) in [6.45, 7) is 4.00. The Balaban J connectivity index is 2.10. The van der Waals surface area contributed by atoms with Crippen molar-refractivity contribution in [3.8, 4) is 0 Å². The third-order valence-electron chi connectivity index (χ3n) is 3.24. The molecule has 0 atom stereocenters. The van der Waals surface area contributed by atoms with Crippen molar-refractivity contribution in [3.63, 3.8) is 0 Å². The summed E-state index contributed by atoms with van der Waals surface area (Å²) in [6, 6.07) is 1.17. The topological polar surface area (TPSA) is 90.4 Å². The number of hydrogen-bond acceptors (Lipinski definition) is 5. The molecule has 2 heterocycles. The molecule has 1 aliphatic heterocycles. The van der Waals surface area contributed by atoms with Crippen molar-refractivity contribution < 1.29 is 9.53 Å². The Hall–Kier alpha value is -1.73. The summed E-state index contributed by atoms with van der Waals surface area (Å²) in [7, 11) is 1.65. The van der Waals surface area contributed by atoms with E-state index >= 15 is 0 Å². The minimum absolute atomic E-state index is 0.0278. The highest BCUT2D eigenvalue weighted by Gasteiger charge is 2.13. The SMILES string of the molecule is Cn1c(CCN2CCOCC2)nc(C(N)=O)cc1=O. The maximum atomic E-state index is 11.7. The molecule has 0 spiro atoms. The lowest BCUT2D eigenvalue weighted by molar-refractivity contribution is 0.0381. The van der Waals surface area contributed by atoms with Gasteiger partial charge in [0.2, 0.25) is 0 Å². The first-order valence-corrected chi connectivity index (χ1v) is 6.25. The number of carbonyl (C=O) groups excluding carboxylic acids is 1. The average molecular weight is 266 g/mol. The first-order chi connectivity index (χ1) is 9.08. The highest BCUT2D eigenvalue weighted by molar-refractivity contribution is 5.90. The van der Waals surface area contributed by atoms with E-state index in [1.807, 2.05) is 0 Å². The van der Waals surface area contributed by atoms with Crippen LogP contribution in [0.3, 0.4) is 0 Å².